The lowest BCUT2D eigenvalue weighted by Crippen LogP contribution is -2.22. The number of benzene rings is 3. The summed E-state index contributed by atoms with van der Waals surface area (Å²) in [6.07, 6.45) is 1.16. The number of aryl methyl sites for hydroxylation is 1. The van der Waals surface area contributed by atoms with Gasteiger partial charge in [-0.05, 0) is 48.4 Å². The highest BCUT2D eigenvalue weighted by Crippen LogP contribution is 2.28. The van der Waals surface area contributed by atoms with Gasteiger partial charge >= 0.3 is 0 Å². The fraction of sp³-hybridized carbons (Fsp3) is 0.0870. The highest BCUT2D eigenvalue weighted by molar-refractivity contribution is 5.86. The summed E-state index contributed by atoms with van der Waals surface area (Å²) in [4.78, 5) is 16.4. The zero-order valence-electron chi connectivity index (χ0n) is 16.0. The van der Waals surface area contributed by atoms with Crippen molar-refractivity contribution in [2.45, 2.75) is 13.5 Å². The first-order chi connectivity index (χ1) is 14.5. The molecule has 0 unspecified atom stereocenters. The van der Waals surface area contributed by atoms with Crippen molar-refractivity contribution in [1.82, 2.24) is 19.7 Å². The van der Waals surface area contributed by atoms with Crippen LogP contribution < -0.4 is 5.56 Å². The van der Waals surface area contributed by atoms with E-state index in [1.54, 1.807) is 36.4 Å². The predicted molar refractivity (Wildman–Crippen MR) is 113 cm³/mol. The summed E-state index contributed by atoms with van der Waals surface area (Å²) in [5.74, 6) is -1.42. The Labute approximate surface area is 171 Å². The molecule has 1 N–H and O–H groups in total. The maximum absolute atomic E-state index is 14.9. The van der Waals surface area contributed by atoms with E-state index in [9.17, 15) is 13.6 Å². The van der Waals surface area contributed by atoms with E-state index in [0.717, 1.165) is 22.8 Å². The third kappa shape index (κ3) is 2.95. The molecule has 5 rings (SSSR count). The van der Waals surface area contributed by atoms with Crippen LogP contribution in [0.4, 0.5) is 8.78 Å². The van der Waals surface area contributed by atoms with Crippen LogP contribution in [0.5, 0.6) is 0 Å². The molecule has 0 fully saturated rings. The van der Waals surface area contributed by atoms with Gasteiger partial charge in [-0.2, -0.15) is 5.10 Å². The van der Waals surface area contributed by atoms with Gasteiger partial charge in [0.1, 0.15) is 11.6 Å². The summed E-state index contributed by atoms with van der Waals surface area (Å²) < 4.78 is 31.2. The molecule has 0 saturated carbocycles. The minimum atomic E-state index is -0.712. The van der Waals surface area contributed by atoms with Crippen LogP contribution in [0.1, 0.15) is 12.7 Å². The van der Waals surface area contributed by atoms with Gasteiger partial charge < -0.3 is 4.57 Å². The zero-order chi connectivity index (χ0) is 20.8. The Balaban J connectivity index is 0.00000231. The fourth-order valence-corrected chi connectivity index (χ4v) is 3.68. The lowest BCUT2D eigenvalue weighted by Gasteiger charge is -2.12. The molecule has 0 spiro atoms. The van der Waals surface area contributed by atoms with Crippen LogP contribution in [-0.4, -0.2) is 19.7 Å². The lowest BCUT2D eigenvalue weighted by atomic mass is 10.0. The summed E-state index contributed by atoms with van der Waals surface area (Å²) in [7, 11) is 0. The molecule has 3 aromatic carbocycles. The van der Waals surface area contributed by atoms with Gasteiger partial charge in [0.25, 0.3) is 5.56 Å². The minimum absolute atomic E-state index is 0. The van der Waals surface area contributed by atoms with Gasteiger partial charge in [-0.3, -0.25) is 9.89 Å². The van der Waals surface area contributed by atoms with Crippen LogP contribution in [0.15, 0.2) is 65.6 Å². The molecule has 0 amide bonds. The smallest absolute Gasteiger partial charge is 0.269 e. The number of rotatable bonds is 3. The molecule has 7 heteroatoms. The van der Waals surface area contributed by atoms with Gasteiger partial charge in [0.05, 0.1) is 29.3 Å². The Morgan fingerprint density at radius 1 is 1.00 bits per heavy atom. The molecule has 0 aliphatic carbocycles. The van der Waals surface area contributed by atoms with E-state index >= 15 is 0 Å². The van der Waals surface area contributed by atoms with Crippen LogP contribution in [0.3, 0.4) is 0 Å². The normalized spacial score (nSPS) is 11.4. The first kappa shape index (κ1) is 18.2. The second-order valence-corrected chi connectivity index (χ2v) is 7.17. The number of nitrogens with zero attached hydrogens (tertiary/aromatic N) is 3. The number of halogens is 2. The van der Waals surface area contributed by atoms with Crippen molar-refractivity contribution in [3.05, 3.63) is 94.0 Å². The molecule has 2 heterocycles. The molecular formula is C23H18F2N4O. The van der Waals surface area contributed by atoms with Crippen molar-refractivity contribution >= 4 is 21.9 Å². The number of aromatic nitrogens is 4. The summed E-state index contributed by atoms with van der Waals surface area (Å²) in [6.45, 7) is 1.69. The van der Waals surface area contributed by atoms with E-state index in [2.05, 4.69) is 15.2 Å². The number of hydrogen-bond donors (Lipinski definition) is 1. The Morgan fingerprint density at radius 3 is 2.57 bits per heavy atom. The van der Waals surface area contributed by atoms with E-state index in [1.165, 1.54) is 16.7 Å². The molecule has 0 atom stereocenters. The Bertz CT molecular complexity index is 1470. The third-order valence-corrected chi connectivity index (χ3v) is 5.29. The zero-order valence-corrected chi connectivity index (χ0v) is 16.0. The largest absolute Gasteiger partial charge is 0.301 e. The third-order valence-electron chi connectivity index (χ3n) is 5.29. The standard InChI is InChI=1S/C23H16F2N4O.H2/c1-13-16-7-6-14(10-21(16)28-27-13)15-8-18(24)17(19(25)9-15)12-29-22-5-3-2-4-20(22)26-11-23(29)30;/h2-11H,12H2,1H3,(H,27,28);1H. The number of para-hydroxylation sites is 2. The van der Waals surface area contributed by atoms with Crippen molar-refractivity contribution in [3.8, 4) is 11.1 Å². The van der Waals surface area contributed by atoms with E-state index in [1.807, 2.05) is 13.0 Å². The molecular weight excluding hydrogens is 386 g/mol. The fourth-order valence-electron chi connectivity index (χ4n) is 3.68. The average molecular weight is 404 g/mol. The molecule has 2 aromatic heterocycles. The summed E-state index contributed by atoms with van der Waals surface area (Å²) in [6, 6.07) is 15.0. The van der Waals surface area contributed by atoms with E-state index in [-0.39, 0.29) is 13.5 Å². The van der Waals surface area contributed by atoms with E-state index in [0.29, 0.717) is 22.2 Å². The van der Waals surface area contributed by atoms with Crippen LogP contribution in [0.2, 0.25) is 0 Å². The maximum atomic E-state index is 14.9. The molecule has 5 nitrogen and oxygen atoms in total. The highest BCUT2D eigenvalue weighted by Gasteiger charge is 2.15. The van der Waals surface area contributed by atoms with E-state index in [4.69, 9.17) is 0 Å². The van der Waals surface area contributed by atoms with Crippen molar-refractivity contribution in [2.75, 3.05) is 0 Å². The quantitative estimate of drug-likeness (QED) is 0.469. The van der Waals surface area contributed by atoms with Crippen LogP contribution >= 0.6 is 0 Å². The average Bonchev–Trinajstić information content (AvgIpc) is 3.12. The second kappa shape index (κ2) is 6.88. The Kier molecular flexibility index (Phi) is 4.17. The Hall–Kier alpha value is -3.87. The van der Waals surface area contributed by atoms with E-state index < -0.39 is 17.2 Å². The van der Waals surface area contributed by atoms with Crippen LogP contribution in [0, 0.1) is 18.6 Å². The van der Waals surface area contributed by atoms with Gasteiger partial charge in [0.15, 0.2) is 0 Å². The number of aromatic amines is 1. The maximum Gasteiger partial charge on any atom is 0.269 e. The van der Waals surface area contributed by atoms with Gasteiger partial charge in [-0.15, -0.1) is 0 Å². The first-order valence-corrected chi connectivity index (χ1v) is 9.39. The number of H-pyrrole nitrogens is 1. The summed E-state index contributed by atoms with van der Waals surface area (Å²) in [5.41, 5.74) is 3.23. The Morgan fingerprint density at radius 2 is 1.77 bits per heavy atom. The SMILES string of the molecule is Cc1[nH]nc2cc(-c3cc(F)c(Cn4c(=O)cnc5ccccc54)c(F)c3)ccc12.[HH]. The molecule has 30 heavy (non-hydrogen) atoms. The minimum Gasteiger partial charge on any atom is -0.301 e. The van der Waals surface area contributed by atoms with Crippen molar-refractivity contribution < 1.29 is 10.2 Å². The van der Waals surface area contributed by atoms with Crippen LogP contribution in [0.25, 0.3) is 33.1 Å². The first-order valence-electron chi connectivity index (χ1n) is 9.39. The predicted octanol–water partition coefficient (Wildman–Crippen LogP) is 4.82. The van der Waals surface area contributed by atoms with Crippen molar-refractivity contribution in [1.29, 1.82) is 0 Å². The topological polar surface area (TPSA) is 63.6 Å². The number of nitrogens with one attached hydrogen (secondary N) is 1. The summed E-state index contributed by atoms with van der Waals surface area (Å²) >= 11 is 0. The van der Waals surface area contributed by atoms with Crippen molar-refractivity contribution in [2.24, 2.45) is 0 Å². The van der Waals surface area contributed by atoms with Gasteiger partial charge in [-0.25, -0.2) is 13.8 Å². The molecule has 0 aliphatic rings. The van der Waals surface area contributed by atoms with Gasteiger partial charge in [0, 0.05) is 18.1 Å². The highest BCUT2D eigenvalue weighted by atomic mass is 19.1. The molecule has 0 aliphatic heterocycles. The summed E-state index contributed by atoms with van der Waals surface area (Å²) in [5, 5.41) is 8.06. The van der Waals surface area contributed by atoms with Gasteiger partial charge in [-0.1, -0.05) is 24.3 Å². The van der Waals surface area contributed by atoms with Gasteiger partial charge in [0.2, 0.25) is 0 Å². The molecule has 5 aromatic rings. The monoisotopic (exact) mass is 404 g/mol. The molecule has 0 saturated heterocycles. The number of fused-ring (bicyclic) bond motifs is 2. The molecule has 150 valence electrons. The molecule has 0 radical (unpaired) electrons. The van der Waals surface area contributed by atoms with Crippen molar-refractivity contribution in [3.63, 3.8) is 0 Å². The lowest BCUT2D eigenvalue weighted by molar-refractivity contribution is 0.545. The second-order valence-electron chi connectivity index (χ2n) is 7.17. The van der Waals surface area contributed by atoms with Crippen LogP contribution in [-0.2, 0) is 6.54 Å². The molecule has 0 bridgehead atoms. The number of hydrogen-bond acceptors (Lipinski definition) is 3.